The molecule has 0 amide bonds. The van der Waals surface area contributed by atoms with Crippen molar-refractivity contribution in [1.82, 2.24) is 0 Å². The van der Waals surface area contributed by atoms with E-state index in [1.807, 2.05) is 0 Å². The van der Waals surface area contributed by atoms with Crippen LogP contribution in [0.3, 0.4) is 0 Å². The molecule has 0 radical (unpaired) electrons. The first kappa shape index (κ1) is 22.7. The summed E-state index contributed by atoms with van der Waals surface area (Å²) in [6.45, 7) is 9.04. The lowest BCUT2D eigenvalue weighted by Crippen LogP contribution is -2.45. The first-order valence-electron chi connectivity index (χ1n) is 12.2. The molecule has 178 valence electrons. The Morgan fingerprint density at radius 1 is 1.12 bits per heavy atom. The molecule has 0 aromatic heterocycles. The van der Waals surface area contributed by atoms with Gasteiger partial charge in [-0.2, -0.15) is 0 Å². The van der Waals surface area contributed by atoms with Crippen LogP contribution in [0.1, 0.15) is 77.8 Å². The van der Waals surface area contributed by atoms with Crippen LogP contribution in [0.15, 0.2) is 42.5 Å². The van der Waals surface area contributed by atoms with Gasteiger partial charge in [0, 0.05) is 17.0 Å². The van der Waals surface area contributed by atoms with Crippen LogP contribution in [0.2, 0.25) is 0 Å². The molecule has 2 fully saturated rings. The fourth-order valence-corrected chi connectivity index (χ4v) is 6.55. The Labute approximate surface area is 200 Å². The second-order valence-corrected chi connectivity index (χ2v) is 10.9. The van der Waals surface area contributed by atoms with E-state index in [0.717, 1.165) is 25.7 Å². The number of aromatic hydroxyl groups is 2. The zero-order valence-electron chi connectivity index (χ0n) is 19.8. The fourth-order valence-electron chi connectivity index (χ4n) is 6.55. The van der Waals surface area contributed by atoms with Gasteiger partial charge in [-0.15, -0.1) is 0 Å². The number of hydrogen-bond acceptors (Lipinski definition) is 5. The highest BCUT2D eigenvalue weighted by Crippen LogP contribution is 2.58. The molecule has 5 rings (SSSR count). The Bertz CT molecular complexity index is 1160. The SMILES string of the molecule is C=C1CC[C@H]2Cc3c(O)c(C(=O)c4ccccc4)c(O)c(C=O)c3O[C@@H]2CC[C@@H]2[C@@H]1CC2(C)C. The number of benzene rings is 2. The van der Waals surface area contributed by atoms with Gasteiger partial charge >= 0.3 is 0 Å². The van der Waals surface area contributed by atoms with Crippen molar-refractivity contribution in [3.05, 3.63) is 64.7 Å². The Balaban J connectivity index is 1.53. The lowest BCUT2D eigenvalue weighted by atomic mass is 9.52. The molecule has 1 aliphatic heterocycles. The minimum Gasteiger partial charge on any atom is -0.507 e. The Morgan fingerprint density at radius 2 is 1.85 bits per heavy atom. The molecule has 2 N–H and O–H groups in total. The van der Waals surface area contributed by atoms with Crippen molar-refractivity contribution in [3.8, 4) is 17.2 Å². The second kappa shape index (κ2) is 8.30. The van der Waals surface area contributed by atoms with Gasteiger partial charge in [0.15, 0.2) is 6.29 Å². The highest BCUT2D eigenvalue weighted by molar-refractivity contribution is 6.14. The largest absolute Gasteiger partial charge is 0.507 e. The van der Waals surface area contributed by atoms with Gasteiger partial charge in [-0.05, 0) is 55.8 Å². The number of rotatable bonds is 3. The van der Waals surface area contributed by atoms with Gasteiger partial charge in [-0.25, -0.2) is 0 Å². The highest BCUT2D eigenvalue weighted by atomic mass is 16.5. The van der Waals surface area contributed by atoms with E-state index in [2.05, 4.69) is 20.4 Å². The zero-order valence-corrected chi connectivity index (χ0v) is 19.8. The molecule has 2 aromatic carbocycles. The number of ketones is 1. The van der Waals surface area contributed by atoms with Crippen molar-refractivity contribution in [3.63, 3.8) is 0 Å². The maximum absolute atomic E-state index is 13.2. The Hall–Kier alpha value is -3.08. The van der Waals surface area contributed by atoms with Crippen molar-refractivity contribution < 1.29 is 24.5 Å². The molecule has 4 atom stereocenters. The Morgan fingerprint density at radius 3 is 2.53 bits per heavy atom. The maximum atomic E-state index is 13.2. The summed E-state index contributed by atoms with van der Waals surface area (Å²) in [5.74, 6) is 0.154. The van der Waals surface area contributed by atoms with Crippen LogP contribution in [0.4, 0.5) is 0 Å². The van der Waals surface area contributed by atoms with Gasteiger partial charge in [0.25, 0.3) is 0 Å². The fraction of sp³-hybridized carbons (Fsp3) is 0.448. The van der Waals surface area contributed by atoms with Crippen molar-refractivity contribution >= 4 is 12.1 Å². The van der Waals surface area contributed by atoms with E-state index in [4.69, 9.17) is 4.74 Å². The number of fused-ring (bicyclic) bond motifs is 3. The van der Waals surface area contributed by atoms with Crippen LogP contribution in [-0.2, 0) is 6.42 Å². The van der Waals surface area contributed by atoms with E-state index < -0.39 is 11.5 Å². The number of phenolic OH excluding ortho intramolecular Hbond substituents is 2. The molecule has 2 aliphatic carbocycles. The number of carbonyl (C=O) groups excluding carboxylic acids is 2. The van der Waals surface area contributed by atoms with Crippen LogP contribution >= 0.6 is 0 Å². The topological polar surface area (TPSA) is 83.8 Å². The van der Waals surface area contributed by atoms with Crippen molar-refractivity contribution in [2.24, 2.45) is 23.2 Å². The minimum atomic E-state index is -0.523. The standard InChI is InChI=1S/C29H32O5/c1-16-9-10-18-13-19-26(32)24(25(31)17-7-5-4-6-8-17)27(33)21(15-30)28(19)34-23(18)12-11-22-20(16)14-29(22,2)3/h4-8,15,18,20,22-23,32-33H,1,9-14H2,2-3H3/t18-,20+,22+,23+/m0/s1. The average molecular weight is 461 g/mol. The third-order valence-corrected chi connectivity index (χ3v) is 8.53. The summed E-state index contributed by atoms with van der Waals surface area (Å²) in [5.41, 5.74) is 2.07. The second-order valence-electron chi connectivity index (χ2n) is 10.9. The number of hydrogen-bond donors (Lipinski definition) is 2. The molecule has 0 saturated heterocycles. The third-order valence-electron chi connectivity index (χ3n) is 8.53. The first-order chi connectivity index (χ1) is 16.2. The van der Waals surface area contributed by atoms with Crippen LogP contribution in [0.25, 0.3) is 0 Å². The van der Waals surface area contributed by atoms with E-state index in [9.17, 15) is 19.8 Å². The van der Waals surface area contributed by atoms with E-state index >= 15 is 0 Å². The molecule has 1 heterocycles. The van der Waals surface area contributed by atoms with Gasteiger partial charge in [0.1, 0.15) is 28.9 Å². The number of carbonyl (C=O) groups is 2. The summed E-state index contributed by atoms with van der Waals surface area (Å²) in [7, 11) is 0. The number of ether oxygens (including phenoxy) is 1. The van der Waals surface area contributed by atoms with Gasteiger partial charge in [0.2, 0.25) is 5.78 Å². The van der Waals surface area contributed by atoms with E-state index in [-0.39, 0.29) is 40.1 Å². The lowest BCUT2D eigenvalue weighted by Gasteiger charge is -2.53. The molecule has 0 unspecified atom stereocenters. The monoisotopic (exact) mass is 460 g/mol. The first-order valence-corrected chi connectivity index (χ1v) is 12.2. The van der Waals surface area contributed by atoms with E-state index in [0.29, 0.717) is 35.7 Å². The van der Waals surface area contributed by atoms with Crippen LogP contribution in [0.5, 0.6) is 17.2 Å². The van der Waals surface area contributed by atoms with Crippen LogP contribution < -0.4 is 4.74 Å². The molecule has 0 bridgehead atoms. The van der Waals surface area contributed by atoms with Gasteiger partial charge in [0.05, 0.1) is 5.56 Å². The number of phenols is 2. The molecule has 2 saturated carbocycles. The zero-order chi connectivity index (χ0) is 24.2. The van der Waals surface area contributed by atoms with Gasteiger partial charge in [-0.1, -0.05) is 56.3 Å². The summed E-state index contributed by atoms with van der Waals surface area (Å²) in [6.07, 6.45) is 5.74. The van der Waals surface area contributed by atoms with Crippen molar-refractivity contribution in [2.75, 3.05) is 0 Å². The summed E-state index contributed by atoms with van der Waals surface area (Å²) in [5, 5.41) is 22.0. The van der Waals surface area contributed by atoms with Crippen molar-refractivity contribution in [1.29, 1.82) is 0 Å². The maximum Gasteiger partial charge on any atom is 0.200 e. The Kier molecular flexibility index (Phi) is 5.54. The molecule has 2 aromatic rings. The summed E-state index contributed by atoms with van der Waals surface area (Å²) >= 11 is 0. The average Bonchev–Trinajstić information content (AvgIpc) is 2.87. The van der Waals surface area contributed by atoms with E-state index in [1.165, 1.54) is 12.0 Å². The molecule has 0 spiro atoms. The predicted octanol–water partition coefficient (Wildman–Crippen LogP) is 5.85. The molecule has 34 heavy (non-hydrogen) atoms. The molecular formula is C29H32O5. The van der Waals surface area contributed by atoms with Crippen LogP contribution in [0, 0.1) is 23.2 Å². The molecule has 5 nitrogen and oxygen atoms in total. The highest BCUT2D eigenvalue weighted by Gasteiger charge is 2.49. The number of allylic oxidation sites excluding steroid dienone is 1. The normalized spacial score (nSPS) is 27.4. The predicted molar refractivity (Wildman–Crippen MR) is 130 cm³/mol. The summed E-state index contributed by atoms with van der Waals surface area (Å²) in [4.78, 5) is 25.2. The van der Waals surface area contributed by atoms with Gasteiger partial charge < -0.3 is 14.9 Å². The van der Waals surface area contributed by atoms with Gasteiger partial charge in [-0.3, -0.25) is 9.59 Å². The smallest absolute Gasteiger partial charge is 0.200 e. The molecule has 5 heteroatoms. The number of aldehydes is 1. The summed E-state index contributed by atoms with van der Waals surface area (Å²) < 4.78 is 6.37. The third kappa shape index (κ3) is 3.53. The lowest BCUT2D eigenvalue weighted by molar-refractivity contribution is -0.00601. The summed E-state index contributed by atoms with van der Waals surface area (Å²) in [6, 6.07) is 8.45. The molecular weight excluding hydrogens is 428 g/mol. The van der Waals surface area contributed by atoms with Crippen molar-refractivity contribution in [2.45, 2.75) is 58.5 Å². The van der Waals surface area contributed by atoms with E-state index in [1.54, 1.807) is 30.3 Å². The van der Waals surface area contributed by atoms with Crippen LogP contribution in [-0.4, -0.2) is 28.4 Å². The minimum absolute atomic E-state index is 0.0586. The molecule has 3 aliphatic rings. The quantitative estimate of drug-likeness (QED) is 0.341.